The number of carbonyl (C=O) groups excluding carboxylic acids is 1. The Kier molecular flexibility index (Phi) is 2.35. The lowest BCUT2D eigenvalue weighted by molar-refractivity contribution is -0.128. The van der Waals surface area contributed by atoms with Crippen molar-refractivity contribution in [2.45, 2.75) is 38.5 Å². The molecule has 2 nitrogen and oxygen atoms in total. The van der Waals surface area contributed by atoms with Crippen LogP contribution in [0.2, 0.25) is 0 Å². The fraction of sp³-hybridized carbons (Fsp3) is 0.923. The van der Waals surface area contributed by atoms with Crippen molar-refractivity contribution in [3.05, 3.63) is 0 Å². The second kappa shape index (κ2) is 3.58. The van der Waals surface area contributed by atoms with Crippen LogP contribution in [-0.4, -0.2) is 19.5 Å². The van der Waals surface area contributed by atoms with E-state index in [2.05, 4.69) is 0 Å². The molecule has 2 heteroatoms. The fourth-order valence-corrected chi connectivity index (χ4v) is 4.28. The number of rotatable bonds is 2. The molecule has 2 saturated carbocycles. The van der Waals surface area contributed by atoms with Crippen LogP contribution in [0, 0.1) is 23.2 Å². The second-order valence-electron chi connectivity index (χ2n) is 5.74. The van der Waals surface area contributed by atoms with Gasteiger partial charge in [0.25, 0.3) is 0 Å². The first-order valence-corrected chi connectivity index (χ1v) is 6.38. The molecule has 3 rings (SSSR count). The summed E-state index contributed by atoms with van der Waals surface area (Å²) in [6, 6.07) is 0. The highest BCUT2D eigenvalue weighted by Crippen LogP contribution is 2.56. The van der Waals surface area contributed by atoms with Gasteiger partial charge in [-0.2, -0.15) is 0 Å². The van der Waals surface area contributed by atoms with Gasteiger partial charge >= 0.3 is 0 Å². The molecule has 0 aromatic carbocycles. The SMILES string of the molecule is O=CC1(C2CC3CCC2C3)CCOCC1. The Morgan fingerprint density at radius 1 is 1.13 bits per heavy atom. The minimum Gasteiger partial charge on any atom is -0.381 e. The zero-order chi connectivity index (χ0) is 10.3. The lowest BCUT2D eigenvalue weighted by Crippen LogP contribution is -2.40. The van der Waals surface area contributed by atoms with E-state index >= 15 is 0 Å². The fourth-order valence-electron chi connectivity index (χ4n) is 4.28. The number of carbonyl (C=O) groups is 1. The summed E-state index contributed by atoms with van der Waals surface area (Å²) in [5.74, 6) is 2.50. The summed E-state index contributed by atoms with van der Waals surface area (Å²) < 4.78 is 5.41. The molecule has 3 unspecified atom stereocenters. The average Bonchev–Trinajstić information content (AvgIpc) is 2.92. The molecular weight excluding hydrogens is 188 g/mol. The van der Waals surface area contributed by atoms with Crippen LogP contribution < -0.4 is 0 Å². The van der Waals surface area contributed by atoms with E-state index in [-0.39, 0.29) is 5.41 Å². The van der Waals surface area contributed by atoms with Crippen molar-refractivity contribution in [2.75, 3.05) is 13.2 Å². The van der Waals surface area contributed by atoms with E-state index in [1.807, 2.05) is 0 Å². The third-order valence-electron chi connectivity index (χ3n) is 5.13. The molecule has 0 aromatic rings. The van der Waals surface area contributed by atoms with Crippen LogP contribution in [0.1, 0.15) is 38.5 Å². The van der Waals surface area contributed by atoms with Crippen LogP contribution in [0.3, 0.4) is 0 Å². The Morgan fingerprint density at radius 3 is 2.47 bits per heavy atom. The first kappa shape index (κ1) is 9.83. The molecule has 1 saturated heterocycles. The topological polar surface area (TPSA) is 26.3 Å². The van der Waals surface area contributed by atoms with Crippen LogP contribution in [0.5, 0.6) is 0 Å². The first-order chi connectivity index (χ1) is 7.34. The summed E-state index contributed by atoms with van der Waals surface area (Å²) in [6.45, 7) is 1.60. The van der Waals surface area contributed by atoms with Gasteiger partial charge in [-0.05, 0) is 49.9 Å². The Labute approximate surface area is 91.4 Å². The van der Waals surface area contributed by atoms with E-state index in [0.717, 1.165) is 37.9 Å². The van der Waals surface area contributed by atoms with Gasteiger partial charge in [-0.25, -0.2) is 0 Å². The third-order valence-corrected chi connectivity index (χ3v) is 5.13. The molecule has 3 aliphatic rings. The van der Waals surface area contributed by atoms with Gasteiger partial charge < -0.3 is 9.53 Å². The summed E-state index contributed by atoms with van der Waals surface area (Å²) in [5.41, 5.74) is -0.00190. The molecule has 0 aromatic heterocycles. The molecule has 2 aliphatic carbocycles. The van der Waals surface area contributed by atoms with Crippen molar-refractivity contribution in [1.29, 1.82) is 0 Å². The lowest BCUT2D eigenvalue weighted by atomic mass is 9.65. The second-order valence-corrected chi connectivity index (χ2v) is 5.74. The van der Waals surface area contributed by atoms with Gasteiger partial charge in [0.15, 0.2) is 0 Å². The molecule has 3 atom stereocenters. The van der Waals surface area contributed by atoms with Gasteiger partial charge in [0.2, 0.25) is 0 Å². The van der Waals surface area contributed by atoms with Crippen LogP contribution >= 0.6 is 0 Å². The number of aldehydes is 1. The van der Waals surface area contributed by atoms with Crippen molar-refractivity contribution in [3.63, 3.8) is 0 Å². The molecule has 1 heterocycles. The molecule has 3 fully saturated rings. The minimum atomic E-state index is -0.00190. The number of hydrogen-bond donors (Lipinski definition) is 0. The molecule has 1 aliphatic heterocycles. The van der Waals surface area contributed by atoms with E-state index in [4.69, 9.17) is 4.74 Å². The highest BCUT2D eigenvalue weighted by atomic mass is 16.5. The highest BCUT2D eigenvalue weighted by molar-refractivity contribution is 5.60. The Balaban J connectivity index is 1.80. The smallest absolute Gasteiger partial charge is 0.126 e. The molecule has 0 radical (unpaired) electrons. The summed E-state index contributed by atoms with van der Waals surface area (Å²) >= 11 is 0. The zero-order valence-electron chi connectivity index (χ0n) is 9.28. The van der Waals surface area contributed by atoms with Crippen LogP contribution in [0.4, 0.5) is 0 Å². The predicted octanol–water partition coefficient (Wildman–Crippen LogP) is 2.42. The first-order valence-electron chi connectivity index (χ1n) is 6.38. The van der Waals surface area contributed by atoms with Gasteiger partial charge in [0, 0.05) is 18.6 Å². The van der Waals surface area contributed by atoms with Gasteiger partial charge in [-0.1, -0.05) is 6.42 Å². The molecule has 2 bridgehead atoms. The molecular formula is C13H20O2. The standard InChI is InChI=1S/C13H20O2/c14-9-13(3-5-15-6-4-13)12-8-10-1-2-11(12)7-10/h9-12H,1-8H2. The number of hydrogen-bond acceptors (Lipinski definition) is 2. The van der Waals surface area contributed by atoms with Crippen molar-refractivity contribution in [3.8, 4) is 0 Å². The van der Waals surface area contributed by atoms with Crippen LogP contribution in [-0.2, 0) is 9.53 Å². The van der Waals surface area contributed by atoms with Crippen molar-refractivity contribution >= 4 is 6.29 Å². The van der Waals surface area contributed by atoms with E-state index < -0.39 is 0 Å². The maximum absolute atomic E-state index is 11.5. The summed E-state index contributed by atoms with van der Waals surface area (Å²) in [4.78, 5) is 11.5. The predicted molar refractivity (Wildman–Crippen MR) is 57.5 cm³/mol. The number of fused-ring (bicyclic) bond motifs is 2. The maximum Gasteiger partial charge on any atom is 0.126 e. The van der Waals surface area contributed by atoms with E-state index in [1.165, 1.54) is 32.0 Å². The molecule has 15 heavy (non-hydrogen) atoms. The van der Waals surface area contributed by atoms with Crippen LogP contribution in [0.15, 0.2) is 0 Å². The van der Waals surface area contributed by atoms with Gasteiger partial charge in [-0.3, -0.25) is 0 Å². The summed E-state index contributed by atoms with van der Waals surface area (Å²) in [6.07, 6.45) is 8.76. The Hall–Kier alpha value is -0.370. The quantitative estimate of drug-likeness (QED) is 0.651. The van der Waals surface area contributed by atoms with Crippen LogP contribution in [0.25, 0.3) is 0 Å². The normalized spacial score (nSPS) is 43.1. The van der Waals surface area contributed by atoms with Crippen molar-refractivity contribution in [1.82, 2.24) is 0 Å². The lowest BCUT2D eigenvalue weighted by Gasteiger charge is -2.41. The molecule has 0 spiro atoms. The molecule has 0 amide bonds. The summed E-state index contributed by atoms with van der Waals surface area (Å²) in [7, 11) is 0. The Morgan fingerprint density at radius 2 is 1.93 bits per heavy atom. The zero-order valence-corrected chi connectivity index (χ0v) is 9.28. The van der Waals surface area contributed by atoms with Gasteiger partial charge in [0.1, 0.15) is 6.29 Å². The molecule has 84 valence electrons. The third kappa shape index (κ3) is 1.45. The maximum atomic E-state index is 11.5. The van der Waals surface area contributed by atoms with E-state index in [9.17, 15) is 4.79 Å². The number of ether oxygens (including phenoxy) is 1. The summed E-state index contributed by atoms with van der Waals surface area (Å²) in [5, 5.41) is 0. The monoisotopic (exact) mass is 208 g/mol. The van der Waals surface area contributed by atoms with E-state index in [0.29, 0.717) is 5.92 Å². The highest BCUT2D eigenvalue weighted by Gasteiger charge is 2.50. The molecule has 0 N–H and O–H groups in total. The van der Waals surface area contributed by atoms with Crippen molar-refractivity contribution < 1.29 is 9.53 Å². The van der Waals surface area contributed by atoms with Gasteiger partial charge in [-0.15, -0.1) is 0 Å². The average molecular weight is 208 g/mol. The van der Waals surface area contributed by atoms with Crippen molar-refractivity contribution in [2.24, 2.45) is 23.2 Å². The Bertz CT molecular complexity index is 255. The minimum absolute atomic E-state index is 0.00190. The largest absolute Gasteiger partial charge is 0.381 e. The van der Waals surface area contributed by atoms with Gasteiger partial charge in [0.05, 0.1) is 0 Å². The van der Waals surface area contributed by atoms with E-state index in [1.54, 1.807) is 0 Å².